The molecule has 3 aromatic carbocycles. The molecule has 2 saturated heterocycles. The third-order valence-corrected chi connectivity index (χ3v) is 12.4. The first kappa shape index (κ1) is 38.0. The number of benzene rings is 3. The van der Waals surface area contributed by atoms with Gasteiger partial charge in [0.25, 0.3) is 11.8 Å². The van der Waals surface area contributed by atoms with Gasteiger partial charge in [-0.1, -0.05) is 75.0 Å². The van der Waals surface area contributed by atoms with Crippen LogP contribution in [-0.2, 0) is 30.8 Å². The predicted molar refractivity (Wildman–Crippen MR) is 203 cm³/mol. The number of anilines is 2. The molecular weight excluding hydrogens is 840 g/mol. The van der Waals surface area contributed by atoms with E-state index in [1.807, 2.05) is 6.08 Å². The zero-order valence-corrected chi connectivity index (χ0v) is 32.3. The second kappa shape index (κ2) is 13.9. The molecule has 6 unspecified atom stereocenters. The number of carbonyl (C=O) groups excluding carboxylic acids is 4. The van der Waals surface area contributed by atoms with Crippen LogP contribution < -0.4 is 15.1 Å². The van der Waals surface area contributed by atoms with Gasteiger partial charge >= 0.3 is 6.18 Å². The molecule has 56 heavy (non-hydrogen) atoms. The Labute approximate surface area is 336 Å². The highest BCUT2D eigenvalue weighted by atomic mass is 79.9. The van der Waals surface area contributed by atoms with Gasteiger partial charge in [0.1, 0.15) is 0 Å². The van der Waals surface area contributed by atoms with E-state index in [0.29, 0.717) is 39.1 Å². The van der Waals surface area contributed by atoms with Crippen LogP contribution in [0.25, 0.3) is 0 Å². The zero-order valence-electron chi connectivity index (χ0n) is 29.2. The number of nitrogens with zero attached hydrogens (tertiary/aromatic N) is 3. The van der Waals surface area contributed by atoms with Crippen LogP contribution in [0.2, 0.25) is 10.0 Å². The minimum Gasteiger partial charge on any atom is -0.504 e. The first-order valence-electron chi connectivity index (χ1n) is 17.6. The predicted octanol–water partition coefficient (Wildman–Crippen LogP) is 8.46. The van der Waals surface area contributed by atoms with Crippen LogP contribution >= 0.6 is 39.1 Å². The van der Waals surface area contributed by atoms with Crippen LogP contribution in [-0.4, -0.2) is 45.3 Å². The van der Waals surface area contributed by atoms with Gasteiger partial charge in [0.2, 0.25) is 11.8 Å². The van der Waals surface area contributed by atoms with E-state index in [1.165, 1.54) is 0 Å². The van der Waals surface area contributed by atoms with E-state index in [1.54, 1.807) is 73.7 Å². The fourth-order valence-electron chi connectivity index (χ4n) is 9.02. The number of para-hydroxylation sites is 1. The van der Waals surface area contributed by atoms with Crippen molar-refractivity contribution < 1.29 is 42.2 Å². The van der Waals surface area contributed by atoms with Crippen LogP contribution in [0.1, 0.15) is 42.4 Å². The maximum absolute atomic E-state index is 15.4. The molecule has 1 aromatic heterocycles. The molecule has 0 radical (unpaired) electrons. The first-order chi connectivity index (χ1) is 26.7. The summed E-state index contributed by atoms with van der Waals surface area (Å²) in [5, 5.41) is 12.4. The molecule has 1 saturated carbocycles. The Morgan fingerprint density at radius 3 is 2.36 bits per heavy atom. The summed E-state index contributed by atoms with van der Waals surface area (Å²) >= 11 is 16.0. The summed E-state index contributed by atoms with van der Waals surface area (Å²) in [5.74, 6) is -7.86. The van der Waals surface area contributed by atoms with Gasteiger partial charge in [0.05, 0.1) is 46.0 Å². The van der Waals surface area contributed by atoms with Crippen molar-refractivity contribution in [1.29, 1.82) is 0 Å². The van der Waals surface area contributed by atoms with E-state index in [4.69, 9.17) is 27.9 Å². The largest absolute Gasteiger partial charge is 0.504 e. The molecule has 4 aliphatic rings. The Morgan fingerprint density at radius 2 is 1.70 bits per heavy atom. The molecule has 288 valence electrons. The number of aromatic hydroxyl groups is 1. The second-order valence-corrected chi connectivity index (χ2v) is 15.8. The van der Waals surface area contributed by atoms with E-state index in [2.05, 4.69) is 26.3 Å². The monoisotopic (exact) mass is 868 g/mol. The average Bonchev–Trinajstić information content (AvgIpc) is 3.54. The average molecular weight is 871 g/mol. The molecule has 6 atom stereocenters. The SMILES string of the molecule is CCOc1cccc(C2C3=CCC4C(=O)N(c5ccc(Br)cc5)C(=O)C4C3CC3C(=O)N(Nc4ncc(C(F)(F)F)cc4Cl)C(=O)C32c2ccc(Cl)cc2)c1O. The lowest BCUT2D eigenvalue weighted by Crippen LogP contribution is -2.53. The summed E-state index contributed by atoms with van der Waals surface area (Å²) in [4.78, 5) is 63.8. The Bertz CT molecular complexity index is 2340. The molecule has 2 aliphatic heterocycles. The first-order valence-corrected chi connectivity index (χ1v) is 19.1. The second-order valence-electron chi connectivity index (χ2n) is 14.0. The summed E-state index contributed by atoms with van der Waals surface area (Å²) in [6, 6.07) is 18.5. The van der Waals surface area contributed by atoms with Crippen LogP contribution in [0.3, 0.4) is 0 Å². The van der Waals surface area contributed by atoms with Gasteiger partial charge in [-0.15, -0.1) is 0 Å². The van der Waals surface area contributed by atoms with Crippen LogP contribution in [0.15, 0.2) is 95.1 Å². The molecule has 4 amide bonds. The Morgan fingerprint density at radius 1 is 0.982 bits per heavy atom. The van der Waals surface area contributed by atoms with E-state index in [0.717, 1.165) is 9.37 Å². The molecule has 3 heterocycles. The van der Waals surface area contributed by atoms with Gasteiger partial charge in [-0.05, 0) is 79.8 Å². The number of hydrogen-bond acceptors (Lipinski definition) is 8. The van der Waals surface area contributed by atoms with Gasteiger partial charge in [0, 0.05) is 27.2 Å². The lowest BCUT2D eigenvalue weighted by Gasteiger charge is -2.50. The lowest BCUT2D eigenvalue weighted by atomic mass is 9.49. The minimum atomic E-state index is -4.76. The number of fused-ring (bicyclic) bond motifs is 4. The third-order valence-electron chi connectivity index (χ3n) is 11.3. The van der Waals surface area contributed by atoms with Crippen LogP contribution in [0, 0.1) is 23.7 Å². The fourth-order valence-corrected chi connectivity index (χ4v) is 9.62. The van der Waals surface area contributed by atoms with Crippen molar-refractivity contribution >= 4 is 74.3 Å². The number of aromatic nitrogens is 1. The van der Waals surface area contributed by atoms with E-state index >= 15 is 4.79 Å². The molecule has 2 aliphatic carbocycles. The number of allylic oxidation sites excluding steroid dienone is 2. The molecule has 2 N–H and O–H groups in total. The summed E-state index contributed by atoms with van der Waals surface area (Å²) in [6.07, 6.45) is -2.35. The number of hydrogen-bond donors (Lipinski definition) is 2. The fraction of sp³-hybridized carbons (Fsp3) is 0.275. The molecular formula is C40H30BrCl2F3N4O6. The van der Waals surface area contributed by atoms with Crippen molar-refractivity contribution in [3.8, 4) is 11.5 Å². The number of phenolic OH excluding ortho intramolecular Hbond substituents is 1. The zero-order chi connectivity index (χ0) is 39.8. The van der Waals surface area contributed by atoms with E-state index in [9.17, 15) is 32.7 Å². The Kier molecular flexibility index (Phi) is 9.44. The van der Waals surface area contributed by atoms with Crippen molar-refractivity contribution in [3.05, 3.63) is 122 Å². The van der Waals surface area contributed by atoms with Crippen molar-refractivity contribution in [1.82, 2.24) is 9.99 Å². The summed E-state index contributed by atoms with van der Waals surface area (Å²) < 4.78 is 47.0. The van der Waals surface area contributed by atoms with Gasteiger partial charge < -0.3 is 9.84 Å². The molecule has 0 bridgehead atoms. The molecule has 8 rings (SSSR count). The van der Waals surface area contributed by atoms with Crippen LogP contribution in [0.4, 0.5) is 24.7 Å². The highest BCUT2D eigenvalue weighted by Gasteiger charge is 2.71. The number of amides is 4. The van der Waals surface area contributed by atoms with Gasteiger partial charge in [-0.3, -0.25) is 29.5 Å². The van der Waals surface area contributed by atoms with Crippen LogP contribution in [0.5, 0.6) is 11.5 Å². The van der Waals surface area contributed by atoms with Gasteiger partial charge in [-0.2, -0.15) is 18.2 Å². The van der Waals surface area contributed by atoms with Crippen molar-refractivity contribution in [2.24, 2.45) is 23.7 Å². The Hall–Kier alpha value is -4.92. The number of pyridine rings is 1. The number of halogens is 6. The highest BCUT2D eigenvalue weighted by molar-refractivity contribution is 9.10. The van der Waals surface area contributed by atoms with E-state index < -0.39 is 75.4 Å². The standard InChI is InChI=1S/C40H30BrCl2F3N4O6/c1-2-56-30-5-3-4-26(33(30)51)32-24-14-15-25-31(37(54)49(35(25)52)23-12-8-21(41)9-13-23)27(24)17-28-36(53)50(38(55)39(28,32)19-6-10-22(42)11-7-19)48-34-29(43)16-20(18-47-34)40(44,45)46/h3-14,16,18,25,27-28,31-32,51H,2,15,17H2,1H3,(H,47,48). The molecule has 4 aromatic rings. The third kappa shape index (κ3) is 5.78. The summed E-state index contributed by atoms with van der Waals surface area (Å²) in [5.41, 5.74) is 1.15. The summed E-state index contributed by atoms with van der Waals surface area (Å²) in [7, 11) is 0. The number of hydrazine groups is 1. The Balaban J connectivity index is 1.33. The smallest absolute Gasteiger partial charge is 0.417 e. The van der Waals surface area contributed by atoms with Crippen molar-refractivity contribution in [2.75, 3.05) is 16.9 Å². The van der Waals surface area contributed by atoms with Gasteiger partial charge in [0.15, 0.2) is 17.3 Å². The molecule has 16 heteroatoms. The minimum absolute atomic E-state index is 0.0812. The maximum atomic E-state index is 15.4. The lowest BCUT2D eigenvalue weighted by molar-refractivity contribution is -0.139. The van der Waals surface area contributed by atoms with Crippen molar-refractivity contribution in [3.63, 3.8) is 0 Å². The summed E-state index contributed by atoms with van der Waals surface area (Å²) in [6.45, 7) is 1.93. The van der Waals surface area contributed by atoms with E-state index in [-0.39, 0.29) is 42.3 Å². The molecule has 0 spiro atoms. The number of nitrogens with one attached hydrogen (secondary N) is 1. The number of alkyl halides is 3. The maximum Gasteiger partial charge on any atom is 0.417 e. The number of imide groups is 2. The highest BCUT2D eigenvalue weighted by Crippen LogP contribution is 2.65. The number of carbonyl (C=O) groups is 4. The number of rotatable bonds is 7. The topological polar surface area (TPSA) is 129 Å². The van der Waals surface area contributed by atoms with Gasteiger partial charge in [-0.25, -0.2) is 4.98 Å². The number of phenols is 1. The molecule has 10 nitrogen and oxygen atoms in total. The normalized spacial score (nSPS) is 25.8. The van der Waals surface area contributed by atoms with Crippen molar-refractivity contribution in [2.45, 2.75) is 37.3 Å². The molecule has 3 fully saturated rings. The quantitative estimate of drug-likeness (QED) is 0.140. The number of ether oxygens (including phenoxy) is 1.